The molecule has 4 nitrogen and oxygen atoms in total. The molecule has 0 saturated carbocycles. The van der Waals surface area contributed by atoms with Gasteiger partial charge in [-0.05, 0) is 36.8 Å². The minimum Gasteiger partial charge on any atom is -0.497 e. The van der Waals surface area contributed by atoms with Crippen LogP contribution in [0.3, 0.4) is 0 Å². The van der Waals surface area contributed by atoms with Crippen LogP contribution in [0.2, 0.25) is 0 Å². The zero-order valence-electron chi connectivity index (χ0n) is 9.15. The number of anilines is 1. The number of nitrogens with one attached hydrogen (secondary N) is 1. The van der Waals surface area contributed by atoms with Crippen LogP contribution in [0.15, 0.2) is 24.3 Å². The summed E-state index contributed by atoms with van der Waals surface area (Å²) in [6.45, 7) is 1.96. The second-order valence-electron chi connectivity index (χ2n) is 3.36. The molecule has 1 heterocycles. The first-order valence-corrected chi connectivity index (χ1v) is 4.66. The molecule has 0 aliphatic rings. The average Bonchev–Trinajstić information content (AvgIpc) is 2.27. The number of hydrogen-bond donors (Lipinski definition) is 2. The lowest BCUT2D eigenvalue weighted by Gasteiger charge is -2.07. The van der Waals surface area contributed by atoms with E-state index in [9.17, 15) is 0 Å². The van der Waals surface area contributed by atoms with Crippen molar-refractivity contribution in [3.05, 3.63) is 29.8 Å². The molecule has 0 atom stereocenters. The van der Waals surface area contributed by atoms with Gasteiger partial charge in [-0.15, -0.1) is 12.4 Å². The molecule has 0 aliphatic carbocycles. The summed E-state index contributed by atoms with van der Waals surface area (Å²) in [5, 5.41) is 1.05. The average molecular weight is 240 g/mol. The Labute approximate surface area is 100 Å². The number of rotatable bonds is 2. The third-order valence-electron chi connectivity index (χ3n) is 2.35. The standard InChI is InChI=1S/C11H13N3O.ClH/c1-7-5-8-6-9(15-2)3-4-10(8)13-11(7)14-12;/h3-6H,12H2,1-2H3,(H,13,14);1H. The number of hydrogen-bond acceptors (Lipinski definition) is 4. The minimum atomic E-state index is 0. The summed E-state index contributed by atoms with van der Waals surface area (Å²) in [5.74, 6) is 6.89. The van der Waals surface area contributed by atoms with Crippen molar-refractivity contribution < 1.29 is 4.74 Å². The highest BCUT2D eigenvalue weighted by Gasteiger charge is 2.02. The minimum absolute atomic E-state index is 0. The quantitative estimate of drug-likeness (QED) is 0.624. The number of ether oxygens (including phenoxy) is 1. The maximum absolute atomic E-state index is 5.36. The van der Waals surface area contributed by atoms with E-state index in [1.807, 2.05) is 31.2 Å². The number of aryl methyl sites for hydroxylation is 1. The van der Waals surface area contributed by atoms with Crippen molar-refractivity contribution in [2.24, 2.45) is 5.84 Å². The first kappa shape index (κ1) is 12.5. The van der Waals surface area contributed by atoms with Gasteiger partial charge in [-0.25, -0.2) is 10.8 Å². The van der Waals surface area contributed by atoms with Crippen molar-refractivity contribution in [2.75, 3.05) is 12.5 Å². The van der Waals surface area contributed by atoms with Crippen molar-refractivity contribution >= 4 is 29.1 Å². The molecule has 0 saturated heterocycles. The number of benzene rings is 1. The van der Waals surface area contributed by atoms with Gasteiger partial charge in [0.05, 0.1) is 12.6 Å². The fraction of sp³-hybridized carbons (Fsp3) is 0.182. The van der Waals surface area contributed by atoms with Gasteiger partial charge in [0.25, 0.3) is 0 Å². The fourth-order valence-electron chi connectivity index (χ4n) is 1.53. The zero-order valence-corrected chi connectivity index (χ0v) is 9.97. The van der Waals surface area contributed by atoms with Crippen LogP contribution in [0.1, 0.15) is 5.56 Å². The molecule has 0 fully saturated rings. The Morgan fingerprint density at radius 1 is 1.31 bits per heavy atom. The summed E-state index contributed by atoms with van der Waals surface area (Å²) >= 11 is 0. The molecule has 86 valence electrons. The van der Waals surface area contributed by atoms with E-state index in [-0.39, 0.29) is 12.4 Å². The zero-order chi connectivity index (χ0) is 10.8. The van der Waals surface area contributed by atoms with Gasteiger partial charge in [-0.1, -0.05) is 0 Å². The smallest absolute Gasteiger partial charge is 0.143 e. The van der Waals surface area contributed by atoms with Gasteiger partial charge in [0.1, 0.15) is 11.6 Å². The van der Waals surface area contributed by atoms with E-state index < -0.39 is 0 Å². The second-order valence-corrected chi connectivity index (χ2v) is 3.36. The van der Waals surface area contributed by atoms with Crippen LogP contribution in [0.4, 0.5) is 5.82 Å². The Bertz CT molecular complexity index is 502. The first-order chi connectivity index (χ1) is 7.24. The van der Waals surface area contributed by atoms with Crippen LogP contribution < -0.4 is 16.0 Å². The summed E-state index contributed by atoms with van der Waals surface area (Å²) < 4.78 is 5.15. The molecule has 16 heavy (non-hydrogen) atoms. The van der Waals surface area contributed by atoms with Gasteiger partial charge in [0.15, 0.2) is 0 Å². The Morgan fingerprint density at radius 2 is 2.06 bits per heavy atom. The third kappa shape index (κ3) is 2.18. The lowest BCUT2D eigenvalue weighted by atomic mass is 10.1. The molecular weight excluding hydrogens is 226 g/mol. The maximum atomic E-state index is 5.36. The van der Waals surface area contributed by atoms with E-state index in [0.717, 1.165) is 22.2 Å². The van der Waals surface area contributed by atoms with Gasteiger partial charge in [0, 0.05) is 5.39 Å². The molecule has 0 aliphatic heterocycles. The lowest BCUT2D eigenvalue weighted by molar-refractivity contribution is 0.415. The summed E-state index contributed by atoms with van der Waals surface area (Å²) in [6, 6.07) is 7.77. The van der Waals surface area contributed by atoms with Crippen molar-refractivity contribution in [1.82, 2.24) is 4.98 Å². The van der Waals surface area contributed by atoms with Crippen molar-refractivity contribution in [3.8, 4) is 5.75 Å². The van der Waals surface area contributed by atoms with Gasteiger partial charge in [-0.2, -0.15) is 0 Å². The SMILES string of the molecule is COc1ccc2nc(NN)c(C)cc2c1.Cl. The van der Waals surface area contributed by atoms with Crippen molar-refractivity contribution in [2.45, 2.75) is 6.92 Å². The summed E-state index contributed by atoms with van der Waals surface area (Å²) in [5.41, 5.74) is 4.48. The van der Waals surface area contributed by atoms with Crippen LogP contribution in [0, 0.1) is 6.92 Å². The predicted molar refractivity (Wildman–Crippen MR) is 68.1 cm³/mol. The Kier molecular flexibility index (Phi) is 3.93. The number of methoxy groups -OCH3 is 1. The van der Waals surface area contributed by atoms with Crippen LogP contribution in [-0.4, -0.2) is 12.1 Å². The highest BCUT2D eigenvalue weighted by Crippen LogP contribution is 2.23. The molecule has 0 amide bonds. The van der Waals surface area contributed by atoms with Gasteiger partial charge >= 0.3 is 0 Å². The van der Waals surface area contributed by atoms with Gasteiger partial charge < -0.3 is 10.2 Å². The molecular formula is C11H14ClN3O. The summed E-state index contributed by atoms with van der Waals surface area (Å²) in [7, 11) is 1.65. The topological polar surface area (TPSA) is 60.2 Å². The Morgan fingerprint density at radius 3 is 2.69 bits per heavy atom. The lowest BCUT2D eigenvalue weighted by Crippen LogP contribution is -2.10. The molecule has 1 aromatic carbocycles. The second kappa shape index (κ2) is 5.01. The first-order valence-electron chi connectivity index (χ1n) is 4.66. The van der Waals surface area contributed by atoms with Crippen LogP contribution >= 0.6 is 12.4 Å². The molecule has 2 rings (SSSR count). The Hall–Kier alpha value is -1.52. The molecule has 5 heteroatoms. The largest absolute Gasteiger partial charge is 0.497 e. The number of pyridine rings is 1. The Balaban J connectivity index is 0.00000128. The monoisotopic (exact) mass is 239 g/mol. The molecule has 0 unspecified atom stereocenters. The molecule has 1 aromatic heterocycles. The summed E-state index contributed by atoms with van der Waals surface area (Å²) in [6.07, 6.45) is 0. The van der Waals surface area contributed by atoms with E-state index in [4.69, 9.17) is 10.6 Å². The van der Waals surface area contributed by atoms with Crippen molar-refractivity contribution in [3.63, 3.8) is 0 Å². The highest BCUT2D eigenvalue weighted by atomic mass is 35.5. The number of aromatic nitrogens is 1. The predicted octanol–water partition coefficient (Wildman–Crippen LogP) is 2.26. The number of nitrogens with two attached hydrogens (primary N) is 1. The van der Waals surface area contributed by atoms with Crippen LogP contribution in [0.5, 0.6) is 5.75 Å². The van der Waals surface area contributed by atoms with E-state index in [1.54, 1.807) is 7.11 Å². The normalized spacial score (nSPS) is 9.69. The van der Waals surface area contributed by atoms with E-state index in [2.05, 4.69) is 10.4 Å². The molecule has 3 N–H and O–H groups in total. The van der Waals surface area contributed by atoms with Crippen LogP contribution in [-0.2, 0) is 0 Å². The summed E-state index contributed by atoms with van der Waals surface area (Å²) in [4.78, 5) is 4.38. The third-order valence-corrected chi connectivity index (χ3v) is 2.35. The van der Waals surface area contributed by atoms with Crippen molar-refractivity contribution in [1.29, 1.82) is 0 Å². The highest BCUT2D eigenvalue weighted by molar-refractivity contribution is 5.85. The number of fused-ring (bicyclic) bond motifs is 1. The number of hydrazine groups is 1. The molecule has 0 bridgehead atoms. The van der Waals surface area contributed by atoms with E-state index >= 15 is 0 Å². The van der Waals surface area contributed by atoms with Gasteiger partial charge in [0.2, 0.25) is 0 Å². The molecule has 2 aromatic rings. The van der Waals surface area contributed by atoms with E-state index in [1.165, 1.54) is 0 Å². The van der Waals surface area contributed by atoms with E-state index in [0.29, 0.717) is 5.82 Å². The number of halogens is 1. The molecule has 0 radical (unpaired) electrons. The molecule has 0 spiro atoms. The fourth-order valence-corrected chi connectivity index (χ4v) is 1.53. The number of nitrogen functional groups attached to an aromatic ring is 1. The number of nitrogens with zero attached hydrogens (tertiary/aromatic N) is 1. The maximum Gasteiger partial charge on any atom is 0.143 e. The van der Waals surface area contributed by atoms with Crippen LogP contribution in [0.25, 0.3) is 10.9 Å². The van der Waals surface area contributed by atoms with Gasteiger partial charge in [-0.3, -0.25) is 0 Å².